The van der Waals surface area contributed by atoms with E-state index in [1.165, 1.54) is 0 Å². The number of hydrogen-bond acceptors (Lipinski definition) is 4. The molecule has 164 valence electrons. The van der Waals surface area contributed by atoms with Crippen LogP contribution in [0.4, 0.5) is 11.4 Å². The summed E-state index contributed by atoms with van der Waals surface area (Å²) in [5.41, 5.74) is 3.66. The van der Waals surface area contributed by atoms with E-state index in [0.29, 0.717) is 33.9 Å². The Hall–Kier alpha value is -4.84. The van der Waals surface area contributed by atoms with Crippen molar-refractivity contribution in [2.45, 2.75) is 0 Å². The second-order valence-electron chi connectivity index (χ2n) is 7.70. The molecule has 5 rings (SSSR count). The van der Waals surface area contributed by atoms with Gasteiger partial charge in [-0.3, -0.25) is 19.6 Å². The second-order valence-corrected chi connectivity index (χ2v) is 7.70. The summed E-state index contributed by atoms with van der Waals surface area (Å²) in [5.74, 6) is -0.392. The average Bonchev–Trinajstić information content (AvgIpc) is 2.90. The van der Waals surface area contributed by atoms with Gasteiger partial charge in [0.15, 0.2) is 0 Å². The first kappa shape index (κ1) is 21.0. The van der Waals surface area contributed by atoms with Gasteiger partial charge in [-0.25, -0.2) is 0 Å². The molecule has 0 aliphatic carbocycles. The standard InChI is InChI=1S/C28H20N4O2/c33-27(20-7-2-1-3-8-20)31-23-12-14-25(29-17-23)26-15-13-24(18-30-26)32-28(34)22-11-10-19-6-4-5-9-21(19)16-22/h1-18H,(H,31,33)(H,32,34). The van der Waals surface area contributed by atoms with Gasteiger partial charge in [-0.2, -0.15) is 0 Å². The Morgan fingerprint density at radius 3 is 1.68 bits per heavy atom. The van der Waals surface area contributed by atoms with Gasteiger partial charge in [0.1, 0.15) is 0 Å². The third-order valence-electron chi connectivity index (χ3n) is 5.35. The first-order valence-corrected chi connectivity index (χ1v) is 10.7. The third kappa shape index (κ3) is 4.66. The Morgan fingerprint density at radius 1 is 0.529 bits per heavy atom. The van der Waals surface area contributed by atoms with Gasteiger partial charge in [0.05, 0.1) is 35.2 Å². The molecule has 0 fully saturated rings. The van der Waals surface area contributed by atoms with E-state index in [9.17, 15) is 9.59 Å². The van der Waals surface area contributed by atoms with Crippen LogP contribution in [0.2, 0.25) is 0 Å². The van der Waals surface area contributed by atoms with Crippen molar-refractivity contribution in [3.63, 3.8) is 0 Å². The normalized spacial score (nSPS) is 10.6. The van der Waals surface area contributed by atoms with Crippen molar-refractivity contribution >= 4 is 34.0 Å². The number of carbonyl (C=O) groups is 2. The minimum absolute atomic E-state index is 0.195. The molecule has 2 N–H and O–H groups in total. The zero-order valence-electron chi connectivity index (χ0n) is 18.1. The van der Waals surface area contributed by atoms with Crippen molar-refractivity contribution in [3.8, 4) is 11.4 Å². The molecule has 0 atom stereocenters. The predicted molar refractivity (Wildman–Crippen MR) is 134 cm³/mol. The summed E-state index contributed by atoms with van der Waals surface area (Å²) in [6.45, 7) is 0. The van der Waals surface area contributed by atoms with Crippen LogP contribution in [0.5, 0.6) is 0 Å². The lowest BCUT2D eigenvalue weighted by Gasteiger charge is -2.08. The number of aromatic nitrogens is 2. The highest BCUT2D eigenvalue weighted by atomic mass is 16.2. The number of rotatable bonds is 5. The van der Waals surface area contributed by atoms with Crippen LogP contribution in [-0.2, 0) is 0 Å². The van der Waals surface area contributed by atoms with Gasteiger partial charge in [-0.05, 0) is 59.3 Å². The number of nitrogens with zero attached hydrogens (tertiary/aromatic N) is 2. The SMILES string of the molecule is O=C(Nc1ccc(-c2ccc(NC(=O)c3ccc4ccccc4c3)cn2)nc1)c1ccccc1. The van der Waals surface area contributed by atoms with Crippen molar-refractivity contribution < 1.29 is 9.59 Å². The van der Waals surface area contributed by atoms with Gasteiger partial charge in [-0.1, -0.05) is 48.5 Å². The topological polar surface area (TPSA) is 84.0 Å². The molecule has 0 aliphatic heterocycles. The summed E-state index contributed by atoms with van der Waals surface area (Å²) in [5, 5.41) is 7.80. The number of nitrogens with one attached hydrogen (secondary N) is 2. The Bertz CT molecular complexity index is 1460. The third-order valence-corrected chi connectivity index (χ3v) is 5.35. The Morgan fingerprint density at radius 2 is 1.09 bits per heavy atom. The van der Waals surface area contributed by atoms with Gasteiger partial charge in [0.25, 0.3) is 11.8 Å². The van der Waals surface area contributed by atoms with Crippen LogP contribution in [0.1, 0.15) is 20.7 Å². The maximum Gasteiger partial charge on any atom is 0.255 e. The van der Waals surface area contributed by atoms with Crippen molar-refractivity contribution in [3.05, 3.63) is 121 Å². The quantitative estimate of drug-likeness (QED) is 0.359. The van der Waals surface area contributed by atoms with Crippen LogP contribution in [0.25, 0.3) is 22.2 Å². The van der Waals surface area contributed by atoms with Crippen LogP contribution in [0, 0.1) is 0 Å². The number of amides is 2. The molecule has 0 unspecified atom stereocenters. The molecule has 6 nitrogen and oxygen atoms in total. The van der Waals surface area contributed by atoms with Crippen LogP contribution in [0.15, 0.2) is 109 Å². The van der Waals surface area contributed by atoms with Gasteiger partial charge in [0, 0.05) is 11.1 Å². The molecule has 0 spiro atoms. The largest absolute Gasteiger partial charge is 0.321 e. The number of pyridine rings is 2. The zero-order chi connectivity index (χ0) is 23.3. The maximum atomic E-state index is 12.7. The summed E-state index contributed by atoms with van der Waals surface area (Å²) >= 11 is 0. The monoisotopic (exact) mass is 444 g/mol. The van der Waals surface area contributed by atoms with Crippen molar-refractivity contribution in [2.24, 2.45) is 0 Å². The molecule has 2 aromatic heterocycles. The first-order valence-electron chi connectivity index (χ1n) is 10.7. The Labute approximate surface area is 196 Å². The van der Waals surface area contributed by atoms with E-state index in [4.69, 9.17) is 0 Å². The predicted octanol–water partition coefficient (Wildman–Crippen LogP) is 5.80. The highest BCUT2D eigenvalue weighted by Gasteiger charge is 2.09. The van der Waals surface area contributed by atoms with Crippen LogP contribution in [0.3, 0.4) is 0 Å². The Kier molecular flexibility index (Phi) is 5.78. The van der Waals surface area contributed by atoms with Crippen molar-refractivity contribution in [1.82, 2.24) is 9.97 Å². The summed E-state index contributed by atoms with van der Waals surface area (Å²) in [6, 6.07) is 29.7. The van der Waals surface area contributed by atoms with E-state index < -0.39 is 0 Å². The molecule has 0 aliphatic rings. The highest BCUT2D eigenvalue weighted by Crippen LogP contribution is 2.20. The van der Waals surface area contributed by atoms with E-state index in [2.05, 4.69) is 20.6 Å². The molecule has 5 aromatic rings. The molecule has 0 saturated heterocycles. The van der Waals surface area contributed by atoms with Crippen LogP contribution < -0.4 is 10.6 Å². The van der Waals surface area contributed by atoms with Gasteiger partial charge in [-0.15, -0.1) is 0 Å². The van der Waals surface area contributed by atoms with Gasteiger partial charge >= 0.3 is 0 Å². The molecule has 3 aromatic carbocycles. The lowest BCUT2D eigenvalue weighted by atomic mass is 10.1. The smallest absolute Gasteiger partial charge is 0.255 e. The fraction of sp³-hybridized carbons (Fsp3) is 0. The Balaban J connectivity index is 1.24. The molecular formula is C28H20N4O2. The second kappa shape index (κ2) is 9.34. The lowest BCUT2D eigenvalue weighted by molar-refractivity contribution is 0.101. The molecule has 6 heteroatoms. The molecule has 0 bridgehead atoms. The maximum absolute atomic E-state index is 12.7. The van der Waals surface area contributed by atoms with Crippen molar-refractivity contribution in [2.75, 3.05) is 10.6 Å². The molecule has 2 amide bonds. The first-order chi connectivity index (χ1) is 16.7. The average molecular weight is 444 g/mol. The van der Waals surface area contributed by atoms with E-state index in [1.807, 2.05) is 60.7 Å². The summed E-state index contributed by atoms with van der Waals surface area (Å²) < 4.78 is 0. The number of anilines is 2. The van der Waals surface area contributed by atoms with Gasteiger partial charge in [0.2, 0.25) is 0 Å². The van der Waals surface area contributed by atoms with E-state index in [0.717, 1.165) is 10.8 Å². The molecule has 0 radical (unpaired) electrons. The van der Waals surface area contributed by atoms with Gasteiger partial charge < -0.3 is 10.6 Å². The number of benzene rings is 3. The summed E-state index contributed by atoms with van der Waals surface area (Å²) in [4.78, 5) is 33.7. The zero-order valence-corrected chi connectivity index (χ0v) is 18.1. The summed E-state index contributed by atoms with van der Waals surface area (Å²) in [7, 11) is 0. The van der Waals surface area contributed by atoms with E-state index in [1.54, 1.807) is 48.8 Å². The molecular weight excluding hydrogens is 424 g/mol. The number of hydrogen-bond donors (Lipinski definition) is 2. The number of carbonyl (C=O) groups excluding carboxylic acids is 2. The number of fused-ring (bicyclic) bond motifs is 1. The highest BCUT2D eigenvalue weighted by molar-refractivity contribution is 6.06. The fourth-order valence-electron chi connectivity index (χ4n) is 3.57. The van der Waals surface area contributed by atoms with Crippen LogP contribution >= 0.6 is 0 Å². The lowest BCUT2D eigenvalue weighted by Crippen LogP contribution is -2.12. The summed E-state index contributed by atoms with van der Waals surface area (Å²) in [6.07, 6.45) is 3.19. The van der Waals surface area contributed by atoms with E-state index >= 15 is 0 Å². The van der Waals surface area contributed by atoms with Crippen LogP contribution in [-0.4, -0.2) is 21.8 Å². The molecule has 34 heavy (non-hydrogen) atoms. The minimum atomic E-state index is -0.197. The minimum Gasteiger partial charge on any atom is -0.321 e. The fourth-order valence-corrected chi connectivity index (χ4v) is 3.57. The molecule has 0 saturated carbocycles. The van der Waals surface area contributed by atoms with Crippen molar-refractivity contribution in [1.29, 1.82) is 0 Å². The molecule has 2 heterocycles. The van der Waals surface area contributed by atoms with E-state index in [-0.39, 0.29) is 11.8 Å².